The smallest absolute Gasteiger partial charge is 0.322 e. The summed E-state index contributed by atoms with van der Waals surface area (Å²) in [4.78, 5) is 22.8. The molecule has 1 amide bonds. The van der Waals surface area contributed by atoms with Crippen molar-refractivity contribution < 1.29 is 14.7 Å². The van der Waals surface area contributed by atoms with Crippen molar-refractivity contribution in [1.82, 2.24) is 10.6 Å². The molecule has 1 aromatic rings. The number of nitrogens with one attached hydrogen (secondary N) is 2. The summed E-state index contributed by atoms with van der Waals surface area (Å²) < 4.78 is 0. The summed E-state index contributed by atoms with van der Waals surface area (Å²) in [6.45, 7) is 5.99. The average Bonchev–Trinajstić information content (AvgIpc) is 2.50. The van der Waals surface area contributed by atoms with Crippen molar-refractivity contribution in [1.29, 1.82) is 0 Å². The molecule has 0 radical (unpaired) electrons. The molecule has 0 aliphatic carbocycles. The first-order chi connectivity index (χ1) is 10.8. The van der Waals surface area contributed by atoms with Gasteiger partial charge in [0.15, 0.2) is 0 Å². The number of carbonyl (C=O) groups excluding carboxylic acids is 1. The molecule has 6 nitrogen and oxygen atoms in total. The summed E-state index contributed by atoms with van der Waals surface area (Å²) in [5, 5.41) is 14.4. The fourth-order valence-electron chi connectivity index (χ4n) is 2.28. The number of carboxylic acids is 1. The number of amides is 1. The Kier molecular flexibility index (Phi) is 7.28. The maximum absolute atomic E-state index is 12.2. The van der Waals surface area contributed by atoms with E-state index < -0.39 is 5.97 Å². The quantitative estimate of drug-likeness (QED) is 0.430. The van der Waals surface area contributed by atoms with E-state index in [-0.39, 0.29) is 24.4 Å². The van der Waals surface area contributed by atoms with E-state index in [9.17, 15) is 9.59 Å². The van der Waals surface area contributed by atoms with Gasteiger partial charge in [0.2, 0.25) is 5.91 Å². The summed E-state index contributed by atoms with van der Waals surface area (Å²) in [7, 11) is 0. The van der Waals surface area contributed by atoms with Crippen molar-refractivity contribution >= 4 is 17.6 Å². The Bertz CT molecular complexity index is 565. The number of carboxylic acid groups (broad SMARTS) is 1. The Balaban J connectivity index is 2.76. The minimum atomic E-state index is -1.07. The molecule has 5 N–H and O–H groups in total. The molecule has 0 saturated heterocycles. The number of nitrogens with two attached hydrogens (primary N) is 1. The number of hydrogen-bond donors (Lipinski definition) is 4. The van der Waals surface area contributed by atoms with Crippen LogP contribution in [0, 0.1) is 5.92 Å². The molecule has 1 rings (SSSR count). The van der Waals surface area contributed by atoms with Crippen LogP contribution in [-0.2, 0) is 16.1 Å². The third kappa shape index (κ3) is 6.12. The third-order valence-corrected chi connectivity index (χ3v) is 3.48. The van der Waals surface area contributed by atoms with Gasteiger partial charge in [-0.1, -0.05) is 32.1 Å². The first-order valence-electron chi connectivity index (χ1n) is 7.59. The van der Waals surface area contributed by atoms with E-state index in [0.717, 1.165) is 5.56 Å². The van der Waals surface area contributed by atoms with Gasteiger partial charge in [-0.3, -0.25) is 9.59 Å². The van der Waals surface area contributed by atoms with Gasteiger partial charge in [-0.15, -0.1) is 0 Å². The molecule has 0 heterocycles. The van der Waals surface area contributed by atoms with Crippen LogP contribution in [0.25, 0.3) is 0 Å². The topological polar surface area (TPSA) is 104 Å². The van der Waals surface area contributed by atoms with Crippen molar-refractivity contribution in [2.24, 2.45) is 5.92 Å². The van der Waals surface area contributed by atoms with E-state index in [4.69, 9.17) is 10.8 Å². The maximum atomic E-state index is 12.2. The molecule has 6 heteroatoms. The van der Waals surface area contributed by atoms with Gasteiger partial charge in [0, 0.05) is 23.8 Å². The van der Waals surface area contributed by atoms with Crippen molar-refractivity contribution in [2.45, 2.75) is 33.4 Å². The summed E-state index contributed by atoms with van der Waals surface area (Å²) in [5.74, 6) is -1.26. The largest absolute Gasteiger partial charge is 0.480 e. The molecule has 0 saturated carbocycles. The highest BCUT2D eigenvalue weighted by Gasteiger charge is 2.23. The monoisotopic (exact) mass is 319 g/mol. The number of aliphatic carboxylic acids is 1. The lowest BCUT2D eigenvalue weighted by Crippen LogP contribution is -2.42. The maximum Gasteiger partial charge on any atom is 0.322 e. The van der Waals surface area contributed by atoms with Gasteiger partial charge >= 0.3 is 5.97 Å². The summed E-state index contributed by atoms with van der Waals surface area (Å²) in [6, 6.07) is 7.35. The van der Waals surface area contributed by atoms with Crippen LogP contribution in [0.4, 0.5) is 5.69 Å². The normalized spacial score (nSPS) is 13.0. The minimum Gasteiger partial charge on any atom is -0.480 e. The molecule has 0 aliphatic rings. The first-order valence-corrected chi connectivity index (χ1v) is 7.59. The number of allylic oxidation sites excluding steroid dienone is 1. The Morgan fingerprint density at radius 1 is 1.26 bits per heavy atom. The zero-order valence-corrected chi connectivity index (χ0v) is 13.8. The summed E-state index contributed by atoms with van der Waals surface area (Å²) in [5.41, 5.74) is 7.97. The second kappa shape index (κ2) is 8.95. The van der Waals surface area contributed by atoms with E-state index in [1.807, 2.05) is 38.1 Å². The Morgan fingerprint density at radius 2 is 1.87 bits per heavy atom. The summed E-state index contributed by atoms with van der Waals surface area (Å²) >= 11 is 0. The van der Waals surface area contributed by atoms with Crippen LogP contribution in [0.15, 0.2) is 35.9 Å². The number of benzene rings is 1. The van der Waals surface area contributed by atoms with E-state index in [1.165, 1.54) is 0 Å². The molecule has 1 aromatic carbocycles. The van der Waals surface area contributed by atoms with Crippen molar-refractivity contribution in [3.63, 3.8) is 0 Å². The van der Waals surface area contributed by atoms with Crippen molar-refractivity contribution in [3.05, 3.63) is 41.5 Å². The van der Waals surface area contributed by atoms with Crippen LogP contribution in [0.2, 0.25) is 0 Å². The Labute approximate surface area is 136 Å². The first kappa shape index (κ1) is 18.7. The fourth-order valence-corrected chi connectivity index (χ4v) is 2.28. The molecule has 126 valence electrons. The number of anilines is 1. The zero-order valence-electron chi connectivity index (χ0n) is 13.8. The standard InChI is InChI=1S/C17H25N3O3/c1-4-14(17(23)20-10-15(21)22)16(11(2)3)19-9-12-5-7-13(18)8-6-12/h4-8,11,16,19H,9-10,18H2,1-3H3,(H,20,23)(H,21,22)/b14-4+. The third-order valence-electron chi connectivity index (χ3n) is 3.48. The molecule has 1 atom stereocenters. The van der Waals surface area contributed by atoms with Crippen LogP contribution in [-0.4, -0.2) is 29.6 Å². The van der Waals surface area contributed by atoms with E-state index in [1.54, 1.807) is 13.0 Å². The number of carbonyl (C=O) groups is 2. The van der Waals surface area contributed by atoms with Gasteiger partial charge in [0.05, 0.1) is 0 Å². The second-order valence-corrected chi connectivity index (χ2v) is 5.66. The minimum absolute atomic E-state index is 0.172. The predicted octanol–water partition coefficient (Wildman–Crippen LogP) is 1.53. The van der Waals surface area contributed by atoms with Gasteiger partial charge in [-0.05, 0) is 30.5 Å². The molecule has 0 fully saturated rings. The zero-order chi connectivity index (χ0) is 17.4. The molecular weight excluding hydrogens is 294 g/mol. The second-order valence-electron chi connectivity index (χ2n) is 5.66. The molecule has 0 spiro atoms. The van der Waals surface area contributed by atoms with Crippen LogP contribution in [0.3, 0.4) is 0 Å². The predicted molar refractivity (Wildman–Crippen MR) is 90.7 cm³/mol. The molecule has 1 unspecified atom stereocenters. The molecule has 0 aliphatic heterocycles. The van der Waals surface area contributed by atoms with E-state index in [2.05, 4.69) is 10.6 Å². The van der Waals surface area contributed by atoms with Gasteiger partial charge in [-0.2, -0.15) is 0 Å². The number of hydrogen-bond acceptors (Lipinski definition) is 4. The number of rotatable bonds is 8. The summed E-state index contributed by atoms with van der Waals surface area (Å²) in [6.07, 6.45) is 1.72. The Morgan fingerprint density at radius 3 is 2.35 bits per heavy atom. The molecule has 23 heavy (non-hydrogen) atoms. The lowest BCUT2D eigenvalue weighted by molar-refractivity contribution is -0.137. The van der Waals surface area contributed by atoms with E-state index in [0.29, 0.717) is 17.8 Å². The number of nitrogen functional groups attached to an aromatic ring is 1. The molecule has 0 bridgehead atoms. The van der Waals surface area contributed by atoms with Crippen molar-refractivity contribution in [2.75, 3.05) is 12.3 Å². The van der Waals surface area contributed by atoms with Crippen LogP contribution < -0.4 is 16.4 Å². The average molecular weight is 319 g/mol. The Hall–Kier alpha value is -2.34. The molecule has 0 aromatic heterocycles. The van der Waals surface area contributed by atoms with Crippen molar-refractivity contribution in [3.8, 4) is 0 Å². The van der Waals surface area contributed by atoms with Gasteiger partial charge in [0.25, 0.3) is 0 Å². The highest BCUT2D eigenvalue weighted by atomic mass is 16.4. The van der Waals surface area contributed by atoms with Gasteiger partial charge in [-0.25, -0.2) is 0 Å². The lowest BCUT2D eigenvalue weighted by atomic mass is 9.94. The van der Waals surface area contributed by atoms with Gasteiger partial charge in [0.1, 0.15) is 6.54 Å². The fraction of sp³-hybridized carbons (Fsp3) is 0.412. The SMILES string of the molecule is C/C=C(/C(=O)NCC(=O)O)C(NCc1ccc(N)cc1)C(C)C. The highest BCUT2D eigenvalue weighted by molar-refractivity contribution is 5.96. The van der Waals surface area contributed by atoms with Crippen LogP contribution in [0.1, 0.15) is 26.3 Å². The lowest BCUT2D eigenvalue weighted by Gasteiger charge is -2.25. The van der Waals surface area contributed by atoms with Gasteiger partial charge < -0.3 is 21.5 Å². The molecular formula is C17H25N3O3. The van der Waals surface area contributed by atoms with Crippen LogP contribution >= 0.6 is 0 Å². The highest BCUT2D eigenvalue weighted by Crippen LogP contribution is 2.14. The van der Waals surface area contributed by atoms with Crippen LogP contribution in [0.5, 0.6) is 0 Å². The van der Waals surface area contributed by atoms with E-state index >= 15 is 0 Å².